The van der Waals surface area contributed by atoms with E-state index in [1.54, 1.807) is 7.11 Å². The van der Waals surface area contributed by atoms with E-state index in [1.807, 2.05) is 6.07 Å². The summed E-state index contributed by atoms with van der Waals surface area (Å²) in [6.07, 6.45) is 6.12. The molecule has 3 heteroatoms. The first-order chi connectivity index (χ1) is 9.20. The zero-order valence-corrected chi connectivity index (χ0v) is 12.6. The van der Waals surface area contributed by atoms with Crippen molar-refractivity contribution in [2.75, 3.05) is 13.7 Å². The summed E-state index contributed by atoms with van der Waals surface area (Å²) in [5.74, 6) is 0.920. The van der Waals surface area contributed by atoms with Crippen molar-refractivity contribution >= 4 is 11.6 Å². The second-order valence-corrected chi connectivity index (χ2v) is 5.79. The molecule has 1 saturated heterocycles. The molecule has 1 aromatic rings. The maximum absolute atomic E-state index is 6.50. The molecule has 2 nitrogen and oxygen atoms in total. The smallest absolute Gasteiger partial charge is 0.121 e. The highest BCUT2D eigenvalue weighted by molar-refractivity contribution is 6.20. The van der Waals surface area contributed by atoms with E-state index in [0.717, 1.165) is 30.8 Å². The third-order valence-electron chi connectivity index (χ3n) is 3.80. The van der Waals surface area contributed by atoms with E-state index in [2.05, 4.69) is 19.1 Å². The lowest BCUT2D eigenvalue weighted by atomic mass is 10.00. The molecule has 0 bridgehead atoms. The molecule has 106 valence electrons. The molecule has 1 aliphatic heterocycles. The fourth-order valence-corrected chi connectivity index (χ4v) is 2.89. The number of benzene rings is 1. The maximum Gasteiger partial charge on any atom is 0.121 e. The molecule has 0 N–H and O–H groups in total. The summed E-state index contributed by atoms with van der Waals surface area (Å²) in [6.45, 7) is 2.97. The summed E-state index contributed by atoms with van der Waals surface area (Å²) >= 11 is 6.50. The summed E-state index contributed by atoms with van der Waals surface area (Å²) in [7, 11) is 1.70. The van der Waals surface area contributed by atoms with Crippen LogP contribution in [0.2, 0.25) is 0 Å². The third kappa shape index (κ3) is 4.12. The summed E-state index contributed by atoms with van der Waals surface area (Å²) in [6, 6.07) is 6.18. The molecule has 0 radical (unpaired) electrons. The molecule has 2 atom stereocenters. The van der Waals surface area contributed by atoms with Crippen LogP contribution in [0.3, 0.4) is 0 Å². The van der Waals surface area contributed by atoms with Crippen LogP contribution in [-0.4, -0.2) is 19.8 Å². The van der Waals surface area contributed by atoms with Crippen LogP contribution in [0, 0.1) is 6.92 Å². The Bertz CT molecular complexity index is 400. The minimum atomic E-state index is 0.0649. The Kier molecular flexibility index (Phi) is 5.53. The van der Waals surface area contributed by atoms with Gasteiger partial charge in [-0.25, -0.2) is 0 Å². The normalized spacial score (nSPS) is 21.1. The molecule has 1 fully saturated rings. The molecule has 19 heavy (non-hydrogen) atoms. The van der Waals surface area contributed by atoms with Gasteiger partial charge in [0, 0.05) is 6.61 Å². The predicted molar refractivity (Wildman–Crippen MR) is 79.2 cm³/mol. The molecule has 2 unspecified atom stereocenters. The average Bonchev–Trinajstić information content (AvgIpc) is 2.45. The van der Waals surface area contributed by atoms with E-state index < -0.39 is 0 Å². The van der Waals surface area contributed by atoms with Crippen LogP contribution in [0.5, 0.6) is 5.75 Å². The highest BCUT2D eigenvalue weighted by Crippen LogP contribution is 2.31. The zero-order valence-electron chi connectivity index (χ0n) is 11.8. The van der Waals surface area contributed by atoms with Gasteiger partial charge < -0.3 is 9.47 Å². The van der Waals surface area contributed by atoms with Crippen molar-refractivity contribution in [3.05, 3.63) is 29.3 Å². The Hall–Kier alpha value is -0.730. The van der Waals surface area contributed by atoms with E-state index in [4.69, 9.17) is 21.1 Å². The van der Waals surface area contributed by atoms with Crippen LogP contribution >= 0.6 is 11.6 Å². The Balaban J connectivity index is 1.88. The van der Waals surface area contributed by atoms with E-state index in [1.165, 1.54) is 24.8 Å². The van der Waals surface area contributed by atoms with Gasteiger partial charge in [-0.05, 0) is 56.2 Å². The van der Waals surface area contributed by atoms with E-state index in [0.29, 0.717) is 6.10 Å². The van der Waals surface area contributed by atoms with Gasteiger partial charge in [-0.1, -0.05) is 12.1 Å². The predicted octanol–water partition coefficient (Wildman–Crippen LogP) is 4.63. The molecular formula is C16H23ClO2. The van der Waals surface area contributed by atoms with Gasteiger partial charge in [-0.15, -0.1) is 11.6 Å². The lowest BCUT2D eigenvalue weighted by Crippen LogP contribution is -2.19. The lowest BCUT2D eigenvalue weighted by Gasteiger charge is -2.23. The number of halogens is 1. The van der Waals surface area contributed by atoms with Gasteiger partial charge in [-0.3, -0.25) is 0 Å². The number of alkyl halides is 1. The monoisotopic (exact) mass is 282 g/mol. The van der Waals surface area contributed by atoms with Crippen LogP contribution in [0.25, 0.3) is 0 Å². The lowest BCUT2D eigenvalue weighted by molar-refractivity contribution is 0.0100. The first-order valence-electron chi connectivity index (χ1n) is 7.11. The molecule has 1 aliphatic rings. The van der Waals surface area contributed by atoms with E-state index in [-0.39, 0.29) is 5.38 Å². The number of hydrogen-bond acceptors (Lipinski definition) is 2. The highest BCUT2D eigenvalue weighted by atomic mass is 35.5. The Morgan fingerprint density at radius 2 is 2.26 bits per heavy atom. The average molecular weight is 283 g/mol. The highest BCUT2D eigenvalue weighted by Gasteiger charge is 2.17. The van der Waals surface area contributed by atoms with Gasteiger partial charge >= 0.3 is 0 Å². The minimum Gasteiger partial charge on any atom is -0.496 e. The number of hydrogen-bond donors (Lipinski definition) is 0. The quantitative estimate of drug-likeness (QED) is 0.733. The van der Waals surface area contributed by atoms with Crippen LogP contribution < -0.4 is 4.74 Å². The first kappa shape index (κ1) is 14.7. The standard InChI is InChI=1S/C16H23ClO2/c1-12-11-13(6-9-16(12)18-2)15(17)8-7-14-5-3-4-10-19-14/h6,9,11,14-15H,3-5,7-8,10H2,1-2H3. The van der Waals surface area contributed by atoms with Gasteiger partial charge in [0.15, 0.2) is 0 Å². The molecule has 0 aliphatic carbocycles. The molecular weight excluding hydrogens is 260 g/mol. The maximum atomic E-state index is 6.50. The van der Waals surface area contributed by atoms with Crippen molar-refractivity contribution in [3.8, 4) is 5.75 Å². The SMILES string of the molecule is COc1ccc(C(Cl)CCC2CCCCO2)cc1C. The summed E-state index contributed by atoms with van der Waals surface area (Å²) < 4.78 is 11.0. The fraction of sp³-hybridized carbons (Fsp3) is 0.625. The third-order valence-corrected chi connectivity index (χ3v) is 4.27. The largest absolute Gasteiger partial charge is 0.496 e. The van der Waals surface area contributed by atoms with Crippen molar-refractivity contribution in [1.29, 1.82) is 0 Å². The van der Waals surface area contributed by atoms with Gasteiger partial charge in [0.1, 0.15) is 5.75 Å². The molecule has 2 rings (SSSR count). The Labute approximate surface area is 121 Å². The van der Waals surface area contributed by atoms with Crippen LogP contribution in [0.4, 0.5) is 0 Å². The molecule has 0 spiro atoms. The number of methoxy groups -OCH3 is 1. The summed E-state index contributed by atoms with van der Waals surface area (Å²) in [5, 5.41) is 0.0649. The molecule has 1 heterocycles. The zero-order chi connectivity index (χ0) is 13.7. The van der Waals surface area contributed by atoms with Gasteiger partial charge in [-0.2, -0.15) is 0 Å². The van der Waals surface area contributed by atoms with Gasteiger partial charge in [0.05, 0.1) is 18.6 Å². The second kappa shape index (κ2) is 7.16. The molecule has 0 aromatic heterocycles. The second-order valence-electron chi connectivity index (χ2n) is 5.26. The fourth-order valence-electron chi connectivity index (χ4n) is 2.63. The number of ether oxygens (including phenoxy) is 2. The summed E-state index contributed by atoms with van der Waals surface area (Å²) in [5.41, 5.74) is 2.32. The first-order valence-corrected chi connectivity index (χ1v) is 7.54. The number of rotatable bonds is 5. The minimum absolute atomic E-state index is 0.0649. The molecule has 0 amide bonds. The van der Waals surface area contributed by atoms with E-state index in [9.17, 15) is 0 Å². The number of aryl methyl sites for hydroxylation is 1. The van der Waals surface area contributed by atoms with Crippen molar-refractivity contribution < 1.29 is 9.47 Å². The Morgan fingerprint density at radius 1 is 1.42 bits per heavy atom. The summed E-state index contributed by atoms with van der Waals surface area (Å²) in [4.78, 5) is 0. The van der Waals surface area contributed by atoms with E-state index >= 15 is 0 Å². The molecule has 1 aromatic carbocycles. The Morgan fingerprint density at radius 3 is 2.89 bits per heavy atom. The van der Waals surface area contributed by atoms with Crippen molar-refractivity contribution in [2.45, 2.75) is 50.5 Å². The van der Waals surface area contributed by atoms with Crippen molar-refractivity contribution in [3.63, 3.8) is 0 Å². The topological polar surface area (TPSA) is 18.5 Å². The van der Waals surface area contributed by atoms with Crippen LogP contribution in [0.15, 0.2) is 18.2 Å². The van der Waals surface area contributed by atoms with Crippen LogP contribution in [-0.2, 0) is 4.74 Å². The van der Waals surface area contributed by atoms with Crippen molar-refractivity contribution in [2.24, 2.45) is 0 Å². The van der Waals surface area contributed by atoms with Gasteiger partial charge in [0.2, 0.25) is 0 Å². The van der Waals surface area contributed by atoms with Gasteiger partial charge in [0.25, 0.3) is 0 Å². The molecule has 0 saturated carbocycles. The van der Waals surface area contributed by atoms with Crippen LogP contribution in [0.1, 0.15) is 48.6 Å². The van der Waals surface area contributed by atoms with Crippen molar-refractivity contribution in [1.82, 2.24) is 0 Å².